The largest absolute Gasteiger partial charge is 0.494 e. The summed E-state index contributed by atoms with van der Waals surface area (Å²) in [5.41, 5.74) is 2.29. The van der Waals surface area contributed by atoms with Crippen molar-refractivity contribution in [2.24, 2.45) is 0 Å². The van der Waals surface area contributed by atoms with Gasteiger partial charge >= 0.3 is 6.03 Å². The summed E-state index contributed by atoms with van der Waals surface area (Å²) in [6, 6.07) is 18.1. The lowest BCUT2D eigenvalue weighted by Gasteiger charge is -2.36. The van der Waals surface area contributed by atoms with E-state index in [1.54, 1.807) is 0 Å². The summed E-state index contributed by atoms with van der Waals surface area (Å²) in [6.45, 7) is 6.37. The Morgan fingerprint density at radius 3 is 2.32 bits per heavy atom. The zero-order chi connectivity index (χ0) is 17.5. The number of ether oxygens (including phenoxy) is 1. The highest BCUT2D eigenvalue weighted by atomic mass is 16.5. The maximum Gasteiger partial charge on any atom is 0.317 e. The van der Waals surface area contributed by atoms with Crippen LogP contribution in [0.4, 0.5) is 10.5 Å². The smallest absolute Gasteiger partial charge is 0.317 e. The fourth-order valence-electron chi connectivity index (χ4n) is 2.97. The van der Waals surface area contributed by atoms with Gasteiger partial charge in [0.1, 0.15) is 5.75 Å². The molecular formula is C20H25N3O2. The van der Waals surface area contributed by atoms with Gasteiger partial charge in [-0.05, 0) is 36.8 Å². The number of urea groups is 1. The van der Waals surface area contributed by atoms with Crippen LogP contribution >= 0.6 is 0 Å². The maximum absolute atomic E-state index is 12.3. The van der Waals surface area contributed by atoms with E-state index in [0.29, 0.717) is 13.2 Å². The van der Waals surface area contributed by atoms with Crippen molar-refractivity contribution in [1.82, 2.24) is 10.2 Å². The van der Waals surface area contributed by atoms with E-state index in [2.05, 4.69) is 22.3 Å². The van der Waals surface area contributed by atoms with Crippen LogP contribution in [-0.4, -0.2) is 43.7 Å². The van der Waals surface area contributed by atoms with Crippen LogP contribution in [0.3, 0.4) is 0 Å². The predicted octanol–water partition coefficient (Wildman–Crippen LogP) is 3.12. The molecule has 5 heteroatoms. The quantitative estimate of drug-likeness (QED) is 0.910. The molecule has 0 radical (unpaired) electrons. The number of rotatable bonds is 5. The minimum Gasteiger partial charge on any atom is -0.494 e. The molecule has 0 atom stereocenters. The van der Waals surface area contributed by atoms with Gasteiger partial charge < -0.3 is 19.9 Å². The van der Waals surface area contributed by atoms with Gasteiger partial charge in [0.2, 0.25) is 0 Å². The number of amides is 2. The first kappa shape index (κ1) is 17.1. The maximum atomic E-state index is 12.3. The second-order valence-corrected chi connectivity index (χ2v) is 6.05. The lowest BCUT2D eigenvalue weighted by Crippen LogP contribution is -2.51. The van der Waals surface area contributed by atoms with Crippen LogP contribution < -0.4 is 15.0 Å². The fraction of sp³-hybridized carbons (Fsp3) is 0.350. The standard InChI is InChI=1S/C20H25N3O2/c1-2-25-19-10-8-18(9-11-19)22-12-14-23(15-13-22)20(24)21-16-17-6-4-3-5-7-17/h3-11H,2,12-16H2,1H3,(H,21,24). The van der Waals surface area contributed by atoms with Crippen LogP contribution in [0.5, 0.6) is 5.75 Å². The van der Waals surface area contributed by atoms with Crippen molar-refractivity contribution >= 4 is 11.7 Å². The topological polar surface area (TPSA) is 44.8 Å². The summed E-state index contributed by atoms with van der Waals surface area (Å²) < 4.78 is 5.48. The van der Waals surface area contributed by atoms with Crippen LogP contribution in [-0.2, 0) is 6.54 Å². The monoisotopic (exact) mass is 339 g/mol. The summed E-state index contributed by atoms with van der Waals surface area (Å²) >= 11 is 0. The van der Waals surface area contributed by atoms with Gasteiger partial charge in [0.15, 0.2) is 0 Å². The van der Waals surface area contributed by atoms with E-state index in [-0.39, 0.29) is 6.03 Å². The van der Waals surface area contributed by atoms with E-state index < -0.39 is 0 Å². The summed E-state index contributed by atoms with van der Waals surface area (Å²) in [4.78, 5) is 16.5. The Morgan fingerprint density at radius 2 is 1.68 bits per heavy atom. The van der Waals surface area contributed by atoms with E-state index in [1.165, 1.54) is 5.69 Å². The molecule has 132 valence electrons. The molecule has 3 rings (SSSR count). The first-order valence-corrected chi connectivity index (χ1v) is 8.81. The fourth-order valence-corrected chi connectivity index (χ4v) is 2.97. The van der Waals surface area contributed by atoms with Crippen molar-refractivity contribution in [3.8, 4) is 5.75 Å². The lowest BCUT2D eigenvalue weighted by atomic mass is 10.2. The summed E-state index contributed by atoms with van der Waals surface area (Å²) in [6.07, 6.45) is 0. The van der Waals surface area contributed by atoms with Gasteiger partial charge in [-0.15, -0.1) is 0 Å². The van der Waals surface area contributed by atoms with Gasteiger partial charge in [0.25, 0.3) is 0 Å². The molecule has 1 heterocycles. The average Bonchev–Trinajstić information content (AvgIpc) is 2.68. The van der Waals surface area contributed by atoms with E-state index in [4.69, 9.17) is 4.74 Å². The van der Waals surface area contributed by atoms with Crippen molar-refractivity contribution in [1.29, 1.82) is 0 Å². The van der Waals surface area contributed by atoms with Crippen LogP contribution in [0.25, 0.3) is 0 Å². The second kappa shape index (κ2) is 8.42. The van der Waals surface area contributed by atoms with Gasteiger partial charge in [-0.2, -0.15) is 0 Å². The molecule has 1 aliphatic rings. The first-order chi connectivity index (χ1) is 12.3. The average molecular weight is 339 g/mol. The zero-order valence-corrected chi connectivity index (χ0v) is 14.6. The number of hydrogen-bond donors (Lipinski definition) is 1. The van der Waals surface area contributed by atoms with Gasteiger partial charge in [-0.3, -0.25) is 0 Å². The van der Waals surface area contributed by atoms with Crippen molar-refractivity contribution in [3.63, 3.8) is 0 Å². The molecule has 2 aromatic rings. The minimum absolute atomic E-state index is 0.00944. The molecule has 0 saturated carbocycles. The van der Waals surface area contributed by atoms with E-state index in [9.17, 15) is 4.79 Å². The number of anilines is 1. The summed E-state index contributed by atoms with van der Waals surface area (Å²) in [7, 11) is 0. The second-order valence-electron chi connectivity index (χ2n) is 6.05. The first-order valence-electron chi connectivity index (χ1n) is 8.81. The Balaban J connectivity index is 1.47. The number of piperazine rings is 1. The van der Waals surface area contributed by atoms with Crippen LogP contribution in [0.15, 0.2) is 54.6 Å². The Kier molecular flexibility index (Phi) is 5.77. The molecule has 1 aliphatic heterocycles. The van der Waals surface area contributed by atoms with E-state index in [1.807, 2.05) is 54.3 Å². The number of carbonyl (C=O) groups excluding carboxylic acids is 1. The van der Waals surface area contributed by atoms with Crippen LogP contribution in [0.1, 0.15) is 12.5 Å². The molecular weight excluding hydrogens is 314 g/mol. The molecule has 0 aromatic heterocycles. The lowest BCUT2D eigenvalue weighted by molar-refractivity contribution is 0.194. The minimum atomic E-state index is 0.00944. The van der Waals surface area contributed by atoms with Crippen LogP contribution in [0, 0.1) is 0 Å². The van der Waals surface area contributed by atoms with E-state index in [0.717, 1.165) is 37.5 Å². The highest BCUT2D eigenvalue weighted by Crippen LogP contribution is 2.20. The SMILES string of the molecule is CCOc1ccc(N2CCN(C(=O)NCc3ccccc3)CC2)cc1. The zero-order valence-electron chi connectivity index (χ0n) is 14.6. The Morgan fingerprint density at radius 1 is 1.00 bits per heavy atom. The Hall–Kier alpha value is -2.69. The number of carbonyl (C=O) groups is 1. The molecule has 1 N–H and O–H groups in total. The van der Waals surface area contributed by atoms with Gasteiger partial charge in [0, 0.05) is 38.4 Å². The third-order valence-electron chi connectivity index (χ3n) is 4.37. The molecule has 1 fully saturated rings. The summed E-state index contributed by atoms with van der Waals surface area (Å²) in [5.74, 6) is 0.894. The molecule has 0 unspecified atom stereocenters. The van der Waals surface area contributed by atoms with Gasteiger partial charge in [-0.1, -0.05) is 30.3 Å². The van der Waals surface area contributed by atoms with Crippen LogP contribution in [0.2, 0.25) is 0 Å². The van der Waals surface area contributed by atoms with Gasteiger partial charge in [-0.25, -0.2) is 4.79 Å². The molecule has 25 heavy (non-hydrogen) atoms. The molecule has 0 bridgehead atoms. The van der Waals surface area contributed by atoms with Crippen molar-refractivity contribution < 1.29 is 9.53 Å². The van der Waals surface area contributed by atoms with Crippen molar-refractivity contribution in [2.45, 2.75) is 13.5 Å². The highest BCUT2D eigenvalue weighted by Gasteiger charge is 2.21. The number of nitrogens with zero attached hydrogens (tertiary/aromatic N) is 2. The predicted molar refractivity (Wildman–Crippen MR) is 100 cm³/mol. The normalized spacial score (nSPS) is 14.3. The highest BCUT2D eigenvalue weighted by molar-refractivity contribution is 5.74. The molecule has 5 nitrogen and oxygen atoms in total. The summed E-state index contributed by atoms with van der Waals surface area (Å²) in [5, 5.41) is 3.00. The van der Waals surface area contributed by atoms with Crippen molar-refractivity contribution in [2.75, 3.05) is 37.7 Å². The molecule has 0 spiro atoms. The Bertz CT molecular complexity index is 665. The van der Waals surface area contributed by atoms with Crippen molar-refractivity contribution in [3.05, 3.63) is 60.2 Å². The molecule has 2 amide bonds. The third-order valence-corrected chi connectivity index (χ3v) is 4.37. The number of nitrogens with one attached hydrogen (secondary N) is 1. The van der Waals surface area contributed by atoms with E-state index >= 15 is 0 Å². The number of hydrogen-bond acceptors (Lipinski definition) is 3. The Labute approximate surface area is 149 Å². The number of benzene rings is 2. The molecule has 1 saturated heterocycles. The molecule has 2 aromatic carbocycles. The molecule has 0 aliphatic carbocycles. The third kappa shape index (κ3) is 4.66. The van der Waals surface area contributed by atoms with Gasteiger partial charge in [0.05, 0.1) is 6.61 Å².